The number of hydrogen-bond acceptors (Lipinski definition) is 4. The van der Waals surface area contributed by atoms with Crippen LogP contribution in [-0.2, 0) is 11.3 Å². The Balaban J connectivity index is 1.62. The molecule has 0 spiro atoms. The van der Waals surface area contributed by atoms with E-state index in [2.05, 4.69) is 39.7 Å². The lowest BCUT2D eigenvalue weighted by Gasteiger charge is -2.35. The molecule has 1 atom stereocenters. The maximum absolute atomic E-state index is 12.6. The average Bonchev–Trinajstić information content (AvgIpc) is 3.37. The smallest absolute Gasteiger partial charge is 0.223 e. The number of aryl methyl sites for hydroxylation is 3. The van der Waals surface area contributed by atoms with Gasteiger partial charge in [0.1, 0.15) is 11.6 Å². The first-order valence-electron chi connectivity index (χ1n) is 10.3. The maximum Gasteiger partial charge on any atom is 0.223 e. The third-order valence-corrected chi connectivity index (χ3v) is 6.15. The lowest BCUT2D eigenvalue weighted by molar-refractivity contribution is -0.137. The number of fused-ring (bicyclic) bond motifs is 1. The van der Waals surface area contributed by atoms with Crippen molar-refractivity contribution in [2.45, 2.75) is 71.5 Å². The monoisotopic (exact) mass is 378 g/mol. The fourth-order valence-electron chi connectivity index (χ4n) is 4.74. The van der Waals surface area contributed by atoms with Crippen molar-refractivity contribution in [2.24, 2.45) is 0 Å². The van der Waals surface area contributed by atoms with Gasteiger partial charge in [-0.3, -0.25) is 4.79 Å². The SMILES string of the molecule is CCn1c(C2CCCC(=O)N2C2CC2)nc2cc(-c3c(C)noc3C)ccc21. The highest BCUT2D eigenvalue weighted by Gasteiger charge is 2.41. The van der Waals surface area contributed by atoms with Gasteiger partial charge in [0.15, 0.2) is 0 Å². The minimum absolute atomic E-state index is 0.101. The molecule has 3 aromatic rings. The molecule has 6 heteroatoms. The van der Waals surface area contributed by atoms with Gasteiger partial charge in [0, 0.05) is 24.6 Å². The molecule has 5 rings (SSSR count). The molecule has 1 saturated heterocycles. The van der Waals surface area contributed by atoms with Crippen molar-refractivity contribution in [3.8, 4) is 11.1 Å². The number of rotatable bonds is 4. The van der Waals surface area contributed by atoms with Crippen LogP contribution in [0.2, 0.25) is 0 Å². The van der Waals surface area contributed by atoms with Crippen LogP contribution in [0.4, 0.5) is 0 Å². The van der Waals surface area contributed by atoms with Crippen LogP contribution in [0.15, 0.2) is 22.7 Å². The highest BCUT2D eigenvalue weighted by atomic mass is 16.5. The predicted octanol–water partition coefficient (Wildman–Crippen LogP) is 4.54. The van der Waals surface area contributed by atoms with Gasteiger partial charge in [0.25, 0.3) is 0 Å². The van der Waals surface area contributed by atoms with Crippen LogP contribution in [0.3, 0.4) is 0 Å². The number of imidazole rings is 1. The molecular formula is C22H26N4O2. The Labute approximate surface area is 164 Å². The van der Waals surface area contributed by atoms with Crippen LogP contribution in [-0.4, -0.2) is 31.6 Å². The van der Waals surface area contributed by atoms with Crippen LogP contribution in [0, 0.1) is 13.8 Å². The maximum atomic E-state index is 12.6. The highest BCUT2D eigenvalue weighted by molar-refractivity contribution is 5.84. The summed E-state index contributed by atoms with van der Waals surface area (Å²) in [5.41, 5.74) is 5.12. The van der Waals surface area contributed by atoms with E-state index in [1.807, 2.05) is 13.8 Å². The second-order valence-electron chi connectivity index (χ2n) is 8.06. The zero-order chi connectivity index (χ0) is 19.4. The van der Waals surface area contributed by atoms with Crippen LogP contribution in [0.5, 0.6) is 0 Å². The van der Waals surface area contributed by atoms with E-state index in [9.17, 15) is 4.79 Å². The third-order valence-electron chi connectivity index (χ3n) is 6.15. The van der Waals surface area contributed by atoms with E-state index >= 15 is 0 Å². The first-order valence-corrected chi connectivity index (χ1v) is 10.3. The van der Waals surface area contributed by atoms with Crippen LogP contribution in [0.1, 0.15) is 62.3 Å². The summed E-state index contributed by atoms with van der Waals surface area (Å²) in [4.78, 5) is 19.8. The molecule has 1 aliphatic heterocycles. The van der Waals surface area contributed by atoms with Gasteiger partial charge < -0.3 is 14.0 Å². The minimum atomic E-state index is 0.101. The lowest BCUT2D eigenvalue weighted by Crippen LogP contribution is -2.40. The zero-order valence-corrected chi connectivity index (χ0v) is 16.7. The van der Waals surface area contributed by atoms with Gasteiger partial charge in [-0.2, -0.15) is 0 Å². The zero-order valence-electron chi connectivity index (χ0n) is 16.7. The molecule has 146 valence electrons. The molecule has 0 radical (unpaired) electrons. The van der Waals surface area contributed by atoms with Gasteiger partial charge in [0.05, 0.1) is 22.8 Å². The number of nitrogens with zero attached hydrogens (tertiary/aromatic N) is 4. The minimum Gasteiger partial charge on any atom is -0.361 e. The summed E-state index contributed by atoms with van der Waals surface area (Å²) in [6, 6.07) is 6.91. The fourth-order valence-corrected chi connectivity index (χ4v) is 4.74. The molecule has 2 aromatic heterocycles. The highest BCUT2D eigenvalue weighted by Crippen LogP contribution is 2.41. The molecule has 2 fully saturated rings. The van der Waals surface area contributed by atoms with Gasteiger partial charge in [-0.15, -0.1) is 0 Å². The summed E-state index contributed by atoms with van der Waals surface area (Å²) < 4.78 is 7.63. The standard InChI is InChI=1S/C22H26N4O2/c1-4-25-18-11-8-15(21-13(2)24-28-14(21)3)12-17(18)23-22(25)19-6-5-7-20(27)26(19)16-9-10-16/h8,11-12,16,19H,4-7,9-10H2,1-3H3. The average molecular weight is 378 g/mol. The molecule has 28 heavy (non-hydrogen) atoms. The number of aromatic nitrogens is 3. The van der Waals surface area contributed by atoms with Crippen molar-refractivity contribution >= 4 is 16.9 Å². The number of carbonyl (C=O) groups is 1. The first-order chi connectivity index (χ1) is 13.6. The molecular weight excluding hydrogens is 352 g/mol. The fraction of sp³-hybridized carbons (Fsp3) is 0.500. The number of amides is 1. The Bertz CT molecular complexity index is 1040. The third kappa shape index (κ3) is 2.65. The van der Waals surface area contributed by atoms with E-state index in [-0.39, 0.29) is 6.04 Å². The summed E-state index contributed by atoms with van der Waals surface area (Å²) in [6.07, 6.45) is 4.89. The quantitative estimate of drug-likeness (QED) is 0.668. The Hall–Kier alpha value is -2.63. The van der Waals surface area contributed by atoms with Crippen molar-refractivity contribution in [2.75, 3.05) is 0 Å². The summed E-state index contributed by atoms with van der Waals surface area (Å²) >= 11 is 0. The summed E-state index contributed by atoms with van der Waals surface area (Å²) in [5.74, 6) is 2.16. The normalized spacial score (nSPS) is 20.3. The second kappa shape index (κ2) is 6.47. The van der Waals surface area contributed by atoms with Crippen LogP contribution < -0.4 is 0 Å². The van der Waals surface area contributed by atoms with Crippen LogP contribution >= 0.6 is 0 Å². The Morgan fingerprint density at radius 2 is 2.04 bits per heavy atom. The van der Waals surface area contributed by atoms with Gasteiger partial charge in [0.2, 0.25) is 5.91 Å². The Morgan fingerprint density at radius 1 is 1.21 bits per heavy atom. The van der Waals surface area contributed by atoms with Gasteiger partial charge >= 0.3 is 0 Å². The summed E-state index contributed by atoms with van der Waals surface area (Å²) in [7, 11) is 0. The van der Waals surface area contributed by atoms with Crippen molar-refractivity contribution in [1.29, 1.82) is 0 Å². The molecule has 1 saturated carbocycles. The number of piperidine rings is 1. The van der Waals surface area contributed by atoms with E-state index in [1.54, 1.807) is 0 Å². The molecule has 1 aliphatic carbocycles. The van der Waals surface area contributed by atoms with E-state index in [0.29, 0.717) is 18.4 Å². The van der Waals surface area contributed by atoms with Crippen molar-refractivity contribution < 1.29 is 9.32 Å². The lowest BCUT2D eigenvalue weighted by atomic mass is 10.0. The topological polar surface area (TPSA) is 64.2 Å². The van der Waals surface area contributed by atoms with Crippen molar-refractivity contribution in [3.05, 3.63) is 35.5 Å². The number of hydrogen-bond donors (Lipinski definition) is 0. The summed E-state index contributed by atoms with van der Waals surface area (Å²) in [6.45, 7) is 6.91. The predicted molar refractivity (Wildman–Crippen MR) is 107 cm³/mol. The van der Waals surface area contributed by atoms with Crippen molar-refractivity contribution in [3.63, 3.8) is 0 Å². The number of carbonyl (C=O) groups excluding carboxylic acids is 1. The van der Waals surface area contributed by atoms with Gasteiger partial charge in [-0.05, 0) is 64.2 Å². The molecule has 0 bridgehead atoms. The molecule has 0 N–H and O–H groups in total. The van der Waals surface area contributed by atoms with E-state index < -0.39 is 0 Å². The van der Waals surface area contributed by atoms with E-state index in [0.717, 1.165) is 71.7 Å². The Morgan fingerprint density at radius 3 is 2.71 bits per heavy atom. The van der Waals surface area contributed by atoms with Crippen LogP contribution in [0.25, 0.3) is 22.2 Å². The van der Waals surface area contributed by atoms with Gasteiger partial charge in [-0.25, -0.2) is 4.98 Å². The molecule has 2 aliphatic rings. The molecule has 3 heterocycles. The molecule has 1 aromatic carbocycles. The largest absolute Gasteiger partial charge is 0.361 e. The number of benzene rings is 1. The molecule has 6 nitrogen and oxygen atoms in total. The van der Waals surface area contributed by atoms with E-state index in [1.165, 1.54) is 0 Å². The first kappa shape index (κ1) is 17.5. The Kier molecular flexibility index (Phi) is 4.03. The second-order valence-corrected chi connectivity index (χ2v) is 8.06. The van der Waals surface area contributed by atoms with Crippen molar-refractivity contribution in [1.82, 2.24) is 19.6 Å². The van der Waals surface area contributed by atoms with E-state index in [4.69, 9.17) is 9.51 Å². The summed E-state index contributed by atoms with van der Waals surface area (Å²) in [5, 5.41) is 4.08. The molecule has 1 unspecified atom stereocenters. The van der Waals surface area contributed by atoms with Gasteiger partial charge in [-0.1, -0.05) is 11.2 Å². The number of likely N-dealkylation sites (tertiary alicyclic amines) is 1. The molecule has 1 amide bonds.